The lowest BCUT2D eigenvalue weighted by molar-refractivity contribution is -0.130. The van der Waals surface area contributed by atoms with Gasteiger partial charge in [0, 0.05) is 21.7 Å². The molecule has 0 aliphatic rings. The second kappa shape index (κ2) is 9.22. The van der Waals surface area contributed by atoms with Crippen molar-refractivity contribution in [1.29, 1.82) is 0 Å². The van der Waals surface area contributed by atoms with Gasteiger partial charge in [0.15, 0.2) is 6.10 Å². The normalized spacial score (nSPS) is 11.8. The molecule has 1 aromatic heterocycles. The number of hydrogen-bond donors (Lipinski definition) is 2. The maximum absolute atomic E-state index is 12.5. The van der Waals surface area contributed by atoms with E-state index in [-0.39, 0.29) is 18.2 Å². The zero-order valence-electron chi connectivity index (χ0n) is 17.7. The first-order chi connectivity index (χ1) is 14.7. The Kier molecular flexibility index (Phi) is 6.65. The van der Waals surface area contributed by atoms with Gasteiger partial charge in [0.1, 0.15) is 5.58 Å². The number of amides is 2. The number of halogens is 1. The summed E-state index contributed by atoms with van der Waals surface area (Å²) in [7, 11) is 0. The number of hydrogen-bond acceptors (Lipinski definition) is 5. The summed E-state index contributed by atoms with van der Waals surface area (Å²) in [6.07, 6.45) is -1.11. The van der Waals surface area contributed by atoms with Gasteiger partial charge in [-0.05, 0) is 57.0 Å². The van der Waals surface area contributed by atoms with E-state index in [9.17, 15) is 14.4 Å². The third kappa shape index (κ3) is 5.06. The van der Waals surface area contributed by atoms with Crippen molar-refractivity contribution >= 4 is 46.0 Å². The molecule has 3 rings (SSSR count). The monoisotopic (exact) mass is 442 g/mol. The lowest BCUT2D eigenvalue weighted by atomic mass is 10.1. The third-order valence-corrected chi connectivity index (χ3v) is 5.14. The highest BCUT2D eigenvalue weighted by molar-refractivity contribution is 6.31. The van der Waals surface area contributed by atoms with Gasteiger partial charge in [0.2, 0.25) is 11.7 Å². The molecule has 1 atom stereocenters. The Morgan fingerprint density at radius 3 is 2.45 bits per heavy atom. The van der Waals surface area contributed by atoms with Gasteiger partial charge in [0.25, 0.3) is 5.91 Å². The maximum Gasteiger partial charge on any atom is 0.375 e. The van der Waals surface area contributed by atoms with Crippen molar-refractivity contribution in [1.82, 2.24) is 5.32 Å². The number of para-hydroxylation sites is 1. The van der Waals surface area contributed by atoms with Crippen LogP contribution in [0.5, 0.6) is 0 Å². The molecule has 2 N–H and O–H groups in total. The van der Waals surface area contributed by atoms with Crippen LogP contribution < -0.4 is 10.6 Å². The molecule has 0 radical (unpaired) electrons. The number of carbonyl (C=O) groups excluding carboxylic acids is 3. The van der Waals surface area contributed by atoms with E-state index in [1.54, 1.807) is 25.1 Å². The van der Waals surface area contributed by atoms with E-state index in [4.69, 9.17) is 20.8 Å². The van der Waals surface area contributed by atoms with Crippen LogP contribution in [0, 0.1) is 20.8 Å². The molecular weight excluding hydrogens is 420 g/mol. The average molecular weight is 443 g/mol. The van der Waals surface area contributed by atoms with Crippen LogP contribution in [0.15, 0.2) is 40.8 Å². The number of carbonyl (C=O) groups is 3. The van der Waals surface area contributed by atoms with Crippen molar-refractivity contribution < 1.29 is 23.5 Å². The van der Waals surface area contributed by atoms with Gasteiger partial charge in [0.05, 0.1) is 6.54 Å². The number of aryl methyl sites for hydroxylation is 3. The number of rotatable bonds is 6. The van der Waals surface area contributed by atoms with Gasteiger partial charge in [-0.15, -0.1) is 0 Å². The molecule has 31 heavy (non-hydrogen) atoms. The second-order valence-corrected chi connectivity index (χ2v) is 7.71. The Labute approximate surface area is 184 Å². The molecule has 2 amide bonds. The Balaban J connectivity index is 1.57. The second-order valence-electron chi connectivity index (χ2n) is 7.28. The minimum absolute atomic E-state index is 0.00434. The van der Waals surface area contributed by atoms with Crippen LogP contribution in [0.4, 0.5) is 5.69 Å². The number of esters is 1. The Morgan fingerprint density at radius 2 is 1.77 bits per heavy atom. The fourth-order valence-corrected chi connectivity index (χ4v) is 3.33. The van der Waals surface area contributed by atoms with Crippen LogP contribution in [0.1, 0.15) is 34.2 Å². The van der Waals surface area contributed by atoms with Gasteiger partial charge < -0.3 is 19.8 Å². The summed E-state index contributed by atoms with van der Waals surface area (Å²) in [5.74, 6) is -1.74. The van der Waals surface area contributed by atoms with Gasteiger partial charge in [-0.3, -0.25) is 9.59 Å². The summed E-state index contributed by atoms with van der Waals surface area (Å²) in [6, 6.07) is 10.7. The van der Waals surface area contributed by atoms with Crippen molar-refractivity contribution in [2.45, 2.75) is 33.8 Å². The molecule has 7 nitrogen and oxygen atoms in total. The summed E-state index contributed by atoms with van der Waals surface area (Å²) in [4.78, 5) is 37.0. The molecule has 3 aromatic rings. The fraction of sp³-hybridized carbons (Fsp3) is 0.261. The smallest absolute Gasteiger partial charge is 0.375 e. The molecule has 0 spiro atoms. The van der Waals surface area contributed by atoms with Crippen LogP contribution in [-0.4, -0.2) is 30.4 Å². The summed E-state index contributed by atoms with van der Waals surface area (Å²) < 4.78 is 10.8. The highest BCUT2D eigenvalue weighted by Crippen LogP contribution is 2.28. The van der Waals surface area contributed by atoms with Crippen molar-refractivity contribution in [3.63, 3.8) is 0 Å². The minimum atomic E-state index is -1.11. The first-order valence-electron chi connectivity index (χ1n) is 9.70. The van der Waals surface area contributed by atoms with Crippen LogP contribution in [0.25, 0.3) is 11.0 Å². The predicted octanol–water partition coefficient (Wildman–Crippen LogP) is 4.31. The van der Waals surface area contributed by atoms with E-state index < -0.39 is 18.0 Å². The quantitative estimate of drug-likeness (QED) is 0.554. The summed E-state index contributed by atoms with van der Waals surface area (Å²) >= 11 is 5.99. The van der Waals surface area contributed by atoms with E-state index in [0.717, 1.165) is 11.1 Å². The van der Waals surface area contributed by atoms with E-state index in [1.165, 1.54) is 6.92 Å². The standard InChI is InChI=1S/C23H23ClN2O5/c1-12-6-5-7-13(2)20(12)26-19(27)11-25-22(28)15(4)30-23(29)21-14(3)17-10-16(24)8-9-18(17)31-21/h5-10,15H,11H2,1-4H3,(H,25,28)(H,26,27). The van der Waals surface area contributed by atoms with Gasteiger partial charge >= 0.3 is 5.97 Å². The van der Waals surface area contributed by atoms with Gasteiger partial charge in [-0.25, -0.2) is 4.79 Å². The zero-order chi connectivity index (χ0) is 22.7. The molecule has 162 valence electrons. The third-order valence-electron chi connectivity index (χ3n) is 4.91. The number of benzene rings is 2. The highest BCUT2D eigenvalue weighted by atomic mass is 35.5. The molecule has 0 bridgehead atoms. The minimum Gasteiger partial charge on any atom is -0.449 e. The Morgan fingerprint density at radius 1 is 1.10 bits per heavy atom. The summed E-state index contributed by atoms with van der Waals surface area (Å²) in [6.45, 7) is 6.65. The number of anilines is 1. The number of fused-ring (bicyclic) bond motifs is 1. The van der Waals surface area contributed by atoms with Crippen molar-refractivity contribution in [3.05, 3.63) is 63.9 Å². The van der Waals surface area contributed by atoms with Gasteiger partial charge in [-0.2, -0.15) is 0 Å². The molecule has 1 unspecified atom stereocenters. The summed E-state index contributed by atoms with van der Waals surface area (Å²) in [5.41, 5.74) is 3.62. The molecule has 0 fully saturated rings. The zero-order valence-corrected chi connectivity index (χ0v) is 18.4. The molecule has 1 heterocycles. The van der Waals surface area contributed by atoms with Crippen molar-refractivity contribution in [2.24, 2.45) is 0 Å². The number of nitrogens with one attached hydrogen (secondary N) is 2. The first kappa shape index (κ1) is 22.4. The number of furan rings is 1. The average Bonchev–Trinajstić information content (AvgIpc) is 3.05. The predicted molar refractivity (Wildman–Crippen MR) is 118 cm³/mol. The molecule has 0 aliphatic carbocycles. The van der Waals surface area contributed by atoms with Crippen molar-refractivity contribution in [3.8, 4) is 0 Å². The van der Waals surface area contributed by atoms with Gasteiger partial charge in [-0.1, -0.05) is 29.8 Å². The molecule has 0 saturated carbocycles. The Hall–Kier alpha value is -3.32. The van der Waals surface area contributed by atoms with E-state index in [0.29, 0.717) is 27.2 Å². The maximum atomic E-state index is 12.5. The fourth-order valence-electron chi connectivity index (χ4n) is 3.16. The largest absolute Gasteiger partial charge is 0.449 e. The van der Waals surface area contributed by atoms with Crippen LogP contribution in [0.3, 0.4) is 0 Å². The van der Waals surface area contributed by atoms with Crippen LogP contribution in [0.2, 0.25) is 5.02 Å². The molecule has 2 aromatic carbocycles. The first-order valence-corrected chi connectivity index (χ1v) is 10.1. The highest BCUT2D eigenvalue weighted by Gasteiger charge is 2.24. The molecular formula is C23H23ClN2O5. The molecule has 8 heteroatoms. The molecule has 0 aliphatic heterocycles. The SMILES string of the molecule is Cc1cccc(C)c1NC(=O)CNC(=O)C(C)OC(=O)c1oc2ccc(Cl)cc2c1C. The lowest BCUT2D eigenvalue weighted by Crippen LogP contribution is -2.40. The van der Waals surface area contributed by atoms with E-state index in [2.05, 4.69) is 10.6 Å². The lowest BCUT2D eigenvalue weighted by Gasteiger charge is -2.14. The molecule has 0 saturated heterocycles. The van der Waals surface area contributed by atoms with Crippen LogP contribution >= 0.6 is 11.6 Å². The number of ether oxygens (including phenoxy) is 1. The summed E-state index contributed by atoms with van der Waals surface area (Å²) in [5, 5.41) is 6.46. The van der Waals surface area contributed by atoms with E-state index in [1.807, 2.05) is 32.0 Å². The topological polar surface area (TPSA) is 97.6 Å². The van der Waals surface area contributed by atoms with E-state index >= 15 is 0 Å². The van der Waals surface area contributed by atoms with Crippen molar-refractivity contribution in [2.75, 3.05) is 11.9 Å². The van der Waals surface area contributed by atoms with Crippen LogP contribution in [-0.2, 0) is 14.3 Å². The Bertz CT molecular complexity index is 1150.